The van der Waals surface area contributed by atoms with Crippen LogP contribution in [0.3, 0.4) is 0 Å². The first-order valence-electron chi connectivity index (χ1n) is 16.9. The average molecular weight is 665 g/mol. The molecule has 256 valence electrons. The number of nitrogens with one attached hydrogen (secondary N) is 2. The van der Waals surface area contributed by atoms with Crippen molar-refractivity contribution in [3.8, 4) is 5.75 Å². The summed E-state index contributed by atoms with van der Waals surface area (Å²) in [6, 6.07) is 22.5. The Morgan fingerprint density at radius 1 is 1.16 bits per heavy atom. The molecule has 2 aliphatic heterocycles. The summed E-state index contributed by atoms with van der Waals surface area (Å²) in [6.45, 7) is 4.19. The molecule has 0 bridgehead atoms. The number of anilines is 2. The van der Waals surface area contributed by atoms with Crippen molar-refractivity contribution >= 4 is 23.2 Å². The highest BCUT2D eigenvalue weighted by molar-refractivity contribution is 6.07. The van der Waals surface area contributed by atoms with Crippen LogP contribution in [-0.2, 0) is 28.3 Å². The number of carbonyl (C=O) groups is 2. The van der Waals surface area contributed by atoms with Gasteiger partial charge in [-0.3, -0.25) is 14.3 Å². The Hall–Kier alpha value is -4.84. The normalized spacial score (nSPS) is 20.3. The maximum atomic E-state index is 14.1. The minimum Gasteiger partial charge on any atom is -0.497 e. The number of ether oxygens (including phenoxy) is 1. The number of carbonyl (C=O) groups excluding carboxylic acids is 2. The number of amides is 2. The molecule has 0 radical (unpaired) electrons. The summed E-state index contributed by atoms with van der Waals surface area (Å²) in [5, 5.41) is 36.9. The van der Waals surface area contributed by atoms with E-state index in [4.69, 9.17) is 4.74 Å². The zero-order valence-corrected chi connectivity index (χ0v) is 28.0. The second-order valence-electron chi connectivity index (χ2n) is 12.8. The molecule has 4 N–H and O–H groups in total. The molecular formula is C38H44N6O5. The lowest BCUT2D eigenvalue weighted by molar-refractivity contribution is -0.139. The molecule has 6 rings (SSSR count). The lowest BCUT2D eigenvalue weighted by Gasteiger charge is -2.28. The number of nitrogens with zero attached hydrogens (tertiary/aromatic N) is 4. The van der Waals surface area contributed by atoms with Gasteiger partial charge in [-0.1, -0.05) is 66.8 Å². The molecule has 2 aliphatic rings. The third-order valence-corrected chi connectivity index (χ3v) is 9.61. The number of aryl methyl sites for hydroxylation is 1. The van der Waals surface area contributed by atoms with Gasteiger partial charge >= 0.3 is 0 Å². The van der Waals surface area contributed by atoms with Gasteiger partial charge in [0.25, 0.3) is 5.91 Å². The molecule has 11 nitrogen and oxygen atoms in total. The molecule has 2 unspecified atom stereocenters. The van der Waals surface area contributed by atoms with Gasteiger partial charge < -0.3 is 30.5 Å². The molecule has 2 amide bonds. The zero-order valence-electron chi connectivity index (χ0n) is 28.0. The van der Waals surface area contributed by atoms with E-state index in [2.05, 4.69) is 20.9 Å². The van der Waals surface area contributed by atoms with Gasteiger partial charge in [0.05, 0.1) is 43.5 Å². The topological polar surface area (TPSA) is 142 Å². The van der Waals surface area contributed by atoms with Crippen molar-refractivity contribution in [1.82, 2.24) is 20.3 Å². The number of rotatable bonds is 13. The molecule has 3 heterocycles. The number of hydrogen-bond acceptors (Lipinski definition) is 8. The smallest absolute Gasteiger partial charge is 0.264 e. The van der Waals surface area contributed by atoms with Crippen molar-refractivity contribution in [3.05, 3.63) is 114 Å². The van der Waals surface area contributed by atoms with E-state index in [1.165, 1.54) is 0 Å². The van der Waals surface area contributed by atoms with E-state index >= 15 is 0 Å². The van der Waals surface area contributed by atoms with Gasteiger partial charge in [-0.2, -0.15) is 0 Å². The van der Waals surface area contributed by atoms with Crippen LogP contribution in [0.1, 0.15) is 54.5 Å². The first-order valence-corrected chi connectivity index (χ1v) is 16.9. The quantitative estimate of drug-likeness (QED) is 0.155. The summed E-state index contributed by atoms with van der Waals surface area (Å²) in [6.07, 6.45) is 8.11. The second kappa shape index (κ2) is 15.1. The Balaban J connectivity index is 1.12. The van der Waals surface area contributed by atoms with Crippen LogP contribution in [0.25, 0.3) is 0 Å². The highest BCUT2D eigenvalue weighted by Gasteiger charge is 2.52. The predicted octanol–water partition coefficient (Wildman–Crippen LogP) is 4.37. The van der Waals surface area contributed by atoms with Gasteiger partial charge in [0.1, 0.15) is 5.75 Å². The fourth-order valence-corrected chi connectivity index (χ4v) is 6.69. The number of methoxy groups -OCH3 is 1. The van der Waals surface area contributed by atoms with Crippen LogP contribution in [0.4, 0.5) is 11.4 Å². The molecule has 4 atom stereocenters. The molecule has 0 saturated carbocycles. The van der Waals surface area contributed by atoms with E-state index in [-0.39, 0.29) is 30.9 Å². The van der Waals surface area contributed by atoms with E-state index in [0.29, 0.717) is 47.9 Å². The lowest BCUT2D eigenvalue weighted by atomic mass is 9.83. The maximum absolute atomic E-state index is 14.1. The van der Waals surface area contributed by atoms with E-state index in [1.54, 1.807) is 28.8 Å². The number of aromatic nitrogens is 3. The summed E-state index contributed by atoms with van der Waals surface area (Å²) in [7, 11) is 1.56. The third kappa shape index (κ3) is 7.29. The minimum absolute atomic E-state index is 0.00841. The van der Waals surface area contributed by atoms with Gasteiger partial charge in [0, 0.05) is 36.5 Å². The van der Waals surface area contributed by atoms with Crippen LogP contribution in [0.2, 0.25) is 0 Å². The summed E-state index contributed by atoms with van der Waals surface area (Å²) in [4.78, 5) is 28.4. The summed E-state index contributed by atoms with van der Waals surface area (Å²) in [5.41, 5.74) is 2.56. The van der Waals surface area contributed by atoms with Crippen LogP contribution in [-0.4, -0.2) is 63.8 Å². The highest BCUT2D eigenvalue weighted by atomic mass is 16.5. The Kier molecular flexibility index (Phi) is 10.5. The number of aliphatic hydroxyl groups excluding tert-OH is 1. The molecule has 1 fully saturated rings. The summed E-state index contributed by atoms with van der Waals surface area (Å²) >= 11 is 0. The Labute approximate surface area is 286 Å². The van der Waals surface area contributed by atoms with Crippen molar-refractivity contribution in [1.29, 1.82) is 0 Å². The van der Waals surface area contributed by atoms with Crippen molar-refractivity contribution in [2.24, 2.45) is 11.8 Å². The zero-order chi connectivity index (χ0) is 34.4. The Morgan fingerprint density at radius 3 is 2.67 bits per heavy atom. The number of benzene rings is 3. The molecule has 0 spiro atoms. The summed E-state index contributed by atoms with van der Waals surface area (Å²) in [5.74, 6) is -0.698. The molecule has 49 heavy (non-hydrogen) atoms. The predicted molar refractivity (Wildman–Crippen MR) is 187 cm³/mol. The first kappa shape index (κ1) is 34.0. The molecule has 1 aromatic heterocycles. The molecular weight excluding hydrogens is 620 g/mol. The number of allylic oxidation sites excluding steroid dienone is 1. The van der Waals surface area contributed by atoms with Crippen LogP contribution < -0.4 is 20.3 Å². The highest BCUT2D eigenvalue weighted by Crippen LogP contribution is 2.47. The van der Waals surface area contributed by atoms with Crippen molar-refractivity contribution < 1.29 is 24.5 Å². The monoisotopic (exact) mass is 664 g/mol. The molecule has 0 aliphatic carbocycles. The van der Waals surface area contributed by atoms with E-state index in [1.807, 2.05) is 85.9 Å². The number of fused-ring (bicyclic) bond motifs is 1. The van der Waals surface area contributed by atoms with E-state index < -0.39 is 17.4 Å². The second-order valence-corrected chi connectivity index (χ2v) is 12.8. The third-order valence-electron chi connectivity index (χ3n) is 9.61. The fourth-order valence-electron chi connectivity index (χ4n) is 6.69. The standard InChI is InChI=1S/C38H44N6O5/c1-26(9-6-7-20-43-24-34(41-42-43)32(25-45)28-10-4-3-5-11-28)38(48)33-21-31(49-2)17-18-35(33)44(37(38)47)23-27-13-15-30(16-14-27)40-36(46)29-12-8-19-39-22-29/h3-6,9-11,13-18,21,24,26,29,32,39,45,48H,7-8,12,19-20,22-23,25H2,1-2H3,(H,40,46)/b9-6+/t26-,29?,32?,38+/m0/s1. The van der Waals surface area contributed by atoms with Crippen LogP contribution in [0.5, 0.6) is 5.75 Å². The maximum Gasteiger partial charge on any atom is 0.264 e. The number of hydrogen-bond donors (Lipinski definition) is 4. The lowest BCUT2D eigenvalue weighted by Crippen LogP contribution is -2.44. The largest absolute Gasteiger partial charge is 0.497 e. The van der Waals surface area contributed by atoms with Gasteiger partial charge in [-0.15, -0.1) is 5.10 Å². The SMILES string of the molecule is COc1ccc2c(c1)[C@](O)([C@@H](C)/C=C/CCn1cc(C(CO)c3ccccc3)nn1)C(=O)N2Cc1ccc(NC(=O)C2CCCNC2)cc1. The van der Waals surface area contributed by atoms with Crippen LogP contribution in [0.15, 0.2) is 91.1 Å². The van der Waals surface area contributed by atoms with E-state index in [9.17, 15) is 19.8 Å². The molecule has 4 aromatic rings. The average Bonchev–Trinajstić information content (AvgIpc) is 3.69. The van der Waals surface area contributed by atoms with E-state index in [0.717, 1.165) is 30.5 Å². The van der Waals surface area contributed by atoms with Crippen molar-refractivity contribution in [2.75, 3.05) is 37.0 Å². The van der Waals surface area contributed by atoms with Gasteiger partial charge in [-0.05, 0) is 67.3 Å². The molecule has 1 saturated heterocycles. The Morgan fingerprint density at radius 2 is 1.96 bits per heavy atom. The number of piperidine rings is 1. The van der Waals surface area contributed by atoms with Crippen molar-refractivity contribution in [3.63, 3.8) is 0 Å². The number of aliphatic hydroxyl groups is 2. The molecule has 11 heteroatoms. The van der Waals surface area contributed by atoms with Gasteiger partial charge in [0.15, 0.2) is 5.60 Å². The van der Waals surface area contributed by atoms with Crippen LogP contribution >= 0.6 is 0 Å². The minimum atomic E-state index is -1.80. The first-order chi connectivity index (χ1) is 23.8. The van der Waals surface area contributed by atoms with Gasteiger partial charge in [0.2, 0.25) is 5.91 Å². The van der Waals surface area contributed by atoms with Crippen LogP contribution in [0, 0.1) is 11.8 Å². The fraction of sp³-hybridized carbons (Fsp3) is 0.368. The molecule has 3 aromatic carbocycles. The van der Waals surface area contributed by atoms with Gasteiger partial charge in [-0.25, -0.2) is 0 Å². The van der Waals surface area contributed by atoms with Crippen molar-refractivity contribution in [2.45, 2.75) is 50.8 Å². The summed E-state index contributed by atoms with van der Waals surface area (Å²) < 4.78 is 7.20. The Bertz CT molecular complexity index is 1770.